The third kappa shape index (κ3) is 4.17. The molecule has 0 radical (unpaired) electrons. The fraction of sp³-hybridized carbons (Fsp3) is 0.0556. The number of hydrogen-bond acceptors (Lipinski definition) is 4. The molecule has 2 aromatic heterocycles. The molecule has 120 valence electrons. The summed E-state index contributed by atoms with van der Waals surface area (Å²) in [6, 6.07) is 14.9. The maximum atomic E-state index is 12.3. The Balaban J connectivity index is 1.68. The lowest BCUT2D eigenvalue weighted by atomic mass is 10.2. The lowest BCUT2D eigenvalue weighted by molar-refractivity contribution is 0.0951. The van der Waals surface area contributed by atoms with Crippen LogP contribution in [-0.2, 0) is 6.54 Å². The fourth-order valence-electron chi connectivity index (χ4n) is 2.13. The number of para-hydroxylation sites is 1. The second-order valence-corrected chi connectivity index (χ2v) is 5.93. The Kier molecular flexibility index (Phi) is 5.18. The van der Waals surface area contributed by atoms with Crippen molar-refractivity contribution in [3.05, 3.63) is 82.7 Å². The van der Waals surface area contributed by atoms with Gasteiger partial charge in [0.25, 0.3) is 5.91 Å². The number of amides is 1. The van der Waals surface area contributed by atoms with E-state index >= 15 is 0 Å². The molecule has 0 fully saturated rings. The summed E-state index contributed by atoms with van der Waals surface area (Å²) in [5.74, 6) is 0.451. The molecule has 0 spiro atoms. The predicted octanol–water partition coefficient (Wildman–Crippen LogP) is 3.91. The van der Waals surface area contributed by atoms with Gasteiger partial charge < -0.3 is 10.6 Å². The van der Waals surface area contributed by atoms with Gasteiger partial charge in [-0.2, -0.15) is 0 Å². The SMILES string of the molecule is O=C(NCc1cccnc1)c1ccnc(Nc2ccccc2Br)c1. The molecule has 0 atom stereocenters. The van der Waals surface area contributed by atoms with Crippen molar-refractivity contribution in [3.63, 3.8) is 0 Å². The van der Waals surface area contributed by atoms with E-state index in [-0.39, 0.29) is 5.91 Å². The molecule has 0 saturated carbocycles. The second kappa shape index (κ2) is 7.70. The molecule has 6 heteroatoms. The van der Waals surface area contributed by atoms with Gasteiger partial charge in [-0.05, 0) is 51.8 Å². The highest BCUT2D eigenvalue weighted by Gasteiger charge is 2.08. The number of nitrogens with one attached hydrogen (secondary N) is 2. The maximum absolute atomic E-state index is 12.3. The highest BCUT2D eigenvalue weighted by molar-refractivity contribution is 9.10. The Morgan fingerprint density at radius 2 is 1.96 bits per heavy atom. The van der Waals surface area contributed by atoms with Crippen LogP contribution in [-0.4, -0.2) is 15.9 Å². The zero-order valence-electron chi connectivity index (χ0n) is 12.7. The van der Waals surface area contributed by atoms with Gasteiger partial charge in [-0.15, -0.1) is 0 Å². The van der Waals surface area contributed by atoms with E-state index in [1.54, 1.807) is 30.7 Å². The summed E-state index contributed by atoms with van der Waals surface area (Å²) in [7, 11) is 0. The third-order valence-electron chi connectivity index (χ3n) is 3.33. The number of halogens is 1. The van der Waals surface area contributed by atoms with Crippen molar-refractivity contribution in [2.75, 3.05) is 5.32 Å². The fourth-order valence-corrected chi connectivity index (χ4v) is 2.51. The average Bonchev–Trinajstić information content (AvgIpc) is 2.63. The largest absolute Gasteiger partial charge is 0.348 e. The minimum atomic E-state index is -0.156. The molecule has 0 aliphatic rings. The summed E-state index contributed by atoms with van der Waals surface area (Å²) < 4.78 is 0.929. The Morgan fingerprint density at radius 3 is 2.75 bits per heavy atom. The Bertz CT molecular complexity index is 839. The highest BCUT2D eigenvalue weighted by atomic mass is 79.9. The van der Waals surface area contributed by atoms with Crippen LogP contribution in [0.4, 0.5) is 11.5 Å². The summed E-state index contributed by atoms with van der Waals surface area (Å²) in [6.45, 7) is 0.433. The first-order valence-electron chi connectivity index (χ1n) is 7.37. The van der Waals surface area contributed by atoms with Gasteiger partial charge in [-0.25, -0.2) is 4.98 Å². The summed E-state index contributed by atoms with van der Waals surface area (Å²) in [5.41, 5.74) is 2.38. The molecule has 2 N–H and O–H groups in total. The Morgan fingerprint density at radius 1 is 1.08 bits per heavy atom. The molecule has 0 unspecified atom stereocenters. The third-order valence-corrected chi connectivity index (χ3v) is 4.03. The average molecular weight is 383 g/mol. The van der Waals surface area contributed by atoms with Gasteiger partial charge in [0.2, 0.25) is 0 Å². The van der Waals surface area contributed by atoms with Crippen molar-refractivity contribution in [1.29, 1.82) is 0 Å². The summed E-state index contributed by atoms with van der Waals surface area (Å²) >= 11 is 3.48. The normalized spacial score (nSPS) is 10.2. The van der Waals surface area contributed by atoms with Crippen molar-refractivity contribution in [2.24, 2.45) is 0 Å². The van der Waals surface area contributed by atoms with Crippen molar-refractivity contribution < 1.29 is 4.79 Å². The quantitative estimate of drug-likeness (QED) is 0.701. The van der Waals surface area contributed by atoms with Crippen LogP contribution in [0, 0.1) is 0 Å². The second-order valence-electron chi connectivity index (χ2n) is 5.08. The lowest BCUT2D eigenvalue weighted by Crippen LogP contribution is -2.23. The van der Waals surface area contributed by atoms with Crippen LogP contribution in [0.2, 0.25) is 0 Å². The van der Waals surface area contributed by atoms with Gasteiger partial charge in [-0.3, -0.25) is 9.78 Å². The summed E-state index contributed by atoms with van der Waals surface area (Å²) in [6.07, 6.45) is 5.04. The number of aromatic nitrogens is 2. The first-order valence-corrected chi connectivity index (χ1v) is 8.16. The molecule has 3 rings (SSSR count). The molecular formula is C18H15BrN4O. The van der Waals surface area contributed by atoms with Crippen molar-refractivity contribution >= 4 is 33.3 Å². The Labute approximate surface area is 148 Å². The number of anilines is 2. The van der Waals surface area contributed by atoms with E-state index in [1.807, 2.05) is 36.4 Å². The zero-order chi connectivity index (χ0) is 16.8. The van der Waals surface area contributed by atoms with E-state index in [2.05, 4.69) is 36.5 Å². The van der Waals surface area contributed by atoms with Gasteiger partial charge in [0.05, 0.1) is 5.69 Å². The number of carbonyl (C=O) groups excluding carboxylic acids is 1. The number of rotatable bonds is 5. The van der Waals surface area contributed by atoms with Crippen LogP contribution in [0.3, 0.4) is 0 Å². The molecule has 0 saturated heterocycles. The van der Waals surface area contributed by atoms with Gasteiger partial charge in [0.1, 0.15) is 5.82 Å². The molecule has 0 bridgehead atoms. The molecule has 3 aromatic rings. The van der Waals surface area contributed by atoms with Crippen molar-refractivity contribution in [3.8, 4) is 0 Å². The Hall–Kier alpha value is -2.73. The van der Waals surface area contributed by atoms with Crippen LogP contribution in [0.25, 0.3) is 0 Å². The summed E-state index contributed by atoms with van der Waals surface area (Å²) in [4.78, 5) is 20.6. The van der Waals surface area contributed by atoms with E-state index in [0.717, 1.165) is 15.7 Å². The van der Waals surface area contributed by atoms with E-state index in [0.29, 0.717) is 17.9 Å². The molecule has 0 aliphatic heterocycles. The monoisotopic (exact) mass is 382 g/mol. The first kappa shape index (κ1) is 16.1. The topological polar surface area (TPSA) is 66.9 Å². The molecule has 5 nitrogen and oxygen atoms in total. The summed E-state index contributed by atoms with van der Waals surface area (Å²) in [5, 5.41) is 6.07. The van der Waals surface area contributed by atoms with Gasteiger partial charge in [-0.1, -0.05) is 18.2 Å². The van der Waals surface area contributed by atoms with Gasteiger partial charge in [0, 0.05) is 35.2 Å². The molecule has 0 aliphatic carbocycles. The van der Waals surface area contributed by atoms with Crippen molar-refractivity contribution in [2.45, 2.75) is 6.54 Å². The number of hydrogen-bond donors (Lipinski definition) is 2. The van der Waals surface area contributed by atoms with E-state index < -0.39 is 0 Å². The van der Waals surface area contributed by atoms with Crippen molar-refractivity contribution in [1.82, 2.24) is 15.3 Å². The van der Waals surface area contributed by atoms with Crippen LogP contribution < -0.4 is 10.6 Å². The maximum Gasteiger partial charge on any atom is 0.251 e. The number of nitrogens with zero attached hydrogens (tertiary/aromatic N) is 2. The molecule has 24 heavy (non-hydrogen) atoms. The van der Waals surface area contributed by atoms with Gasteiger partial charge in [0.15, 0.2) is 0 Å². The van der Waals surface area contributed by atoms with Crippen LogP contribution in [0.1, 0.15) is 15.9 Å². The molecular weight excluding hydrogens is 368 g/mol. The standard InChI is InChI=1S/C18H15BrN4O/c19-15-5-1-2-6-16(15)23-17-10-14(7-9-21-17)18(24)22-12-13-4-3-8-20-11-13/h1-11H,12H2,(H,21,23)(H,22,24). The van der Waals surface area contributed by atoms with Crippen LogP contribution >= 0.6 is 15.9 Å². The molecule has 2 heterocycles. The number of pyridine rings is 2. The predicted molar refractivity (Wildman–Crippen MR) is 97.1 cm³/mol. The number of carbonyl (C=O) groups is 1. The zero-order valence-corrected chi connectivity index (χ0v) is 14.3. The van der Waals surface area contributed by atoms with E-state index in [1.165, 1.54) is 0 Å². The smallest absolute Gasteiger partial charge is 0.251 e. The highest BCUT2D eigenvalue weighted by Crippen LogP contribution is 2.24. The van der Waals surface area contributed by atoms with Gasteiger partial charge >= 0.3 is 0 Å². The van der Waals surface area contributed by atoms with E-state index in [4.69, 9.17) is 0 Å². The number of benzene rings is 1. The lowest BCUT2D eigenvalue weighted by Gasteiger charge is -2.09. The van der Waals surface area contributed by atoms with Crippen LogP contribution in [0.5, 0.6) is 0 Å². The first-order chi connectivity index (χ1) is 11.7. The minimum absolute atomic E-state index is 0.156. The van der Waals surface area contributed by atoms with Crippen LogP contribution in [0.15, 0.2) is 71.6 Å². The minimum Gasteiger partial charge on any atom is -0.348 e. The molecule has 1 amide bonds. The van der Waals surface area contributed by atoms with E-state index in [9.17, 15) is 4.79 Å². The molecule has 1 aromatic carbocycles.